The van der Waals surface area contributed by atoms with Crippen molar-refractivity contribution >= 4 is 17.6 Å². The Labute approximate surface area is 172 Å². The molecule has 0 unspecified atom stereocenters. The summed E-state index contributed by atoms with van der Waals surface area (Å²) in [5.41, 5.74) is 1.55. The maximum atomic E-state index is 13.4. The Morgan fingerprint density at radius 2 is 1.97 bits per heavy atom. The van der Waals surface area contributed by atoms with Gasteiger partial charge in [0, 0.05) is 19.2 Å². The molecule has 0 bridgehead atoms. The maximum Gasteiger partial charge on any atom is 0.270 e. The zero-order valence-electron chi connectivity index (χ0n) is 16.7. The lowest BCUT2D eigenvalue weighted by Gasteiger charge is -2.12. The summed E-state index contributed by atoms with van der Waals surface area (Å²) in [5, 5.41) is 9.73. The van der Waals surface area contributed by atoms with Crippen LogP contribution in [0.4, 0.5) is 4.39 Å². The highest BCUT2D eigenvalue weighted by Gasteiger charge is 2.20. The zero-order chi connectivity index (χ0) is 21.1. The van der Waals surface area contributed by atoms with Crippen LogP contribution in [-0.4, -0.2) is 37.9 Å². The summed E-state index contributed by atoms with van der Waals surface area (Å²) in [7, 11) is 0. The first-order valence-electron chi connectivity index (χ1n) is 10.0. The number of aryl methyl sites for hydroxylation is 1. The summed E-state index contributed by atoms with van der Waals surface area (Å²) >= 11 is 0. The molecule has 0 radical (unpaired) electrons. The van der Waals surface area contributed by atoms with Crippen molar-refractivity contribution in [3.8, 4) is 0 Å². The first kappa shape index (κ1) is 19.9. The number of benzene rings is 1. The van der Waals surface area contributed by atoms with E-state index in [9.17, 15) is 14.0 Å². The number of nitrogens with zero attached hydrogens (tertiary/aromatic N) is 4. The Morgan fingerprint density at radius 3 is 2.73 bits per heavy atom. The van der Waals surface area contributed by atoms with Gasteiger partial charge in [0.25, 0.3) is 17.6 Å². The lowest BCUT2D eigenvalue weighted by atomic mass is 10.1. The van der Waals surface area contributed by atoms with Gasteiger partial charge in [-0.2, -0.15) is 14.6 Å². The van der Waals surface area contributed by atoms with Crippen molar-refractivity contribution in [2.24, 2.45) is 5.92 Å². The fourth-order valence-corrected chi connectivity index (χ4v) is 3.72. The van der Waals surface area contributed by atoms with E-state index in [2.05, 4.69) is 25.7 Å². The normalized spacial score (nSPS) is 14.2. The monoisotopic (exact) mass is 410 g/mol. The van der Waals surface area contributed by atoms with Crippen LogP contribution < -0.4 is 10.6 Å². The molecule has 2 N–H and O–H groups in total. The van der Waals surface area contributed by atoms with E-state index in [1.807, 2.05) is 0 Å². The van der Waals surface area contributed by atoms with E-state index < -0.39 is 5.91 Å². The van der Waals surface area contributed by atoms with E-state index in [1.54, 1.807) is 19.1 Å². The van der Waals surface area contributed by atoms with Crippen molar-refractivity contribution < 1.29 is 14.0 Å². The predicted molar refractivity (Wildman–Crippen MR) is 107 cm³/mol. The van der Waals surface area contributed by atoms with Crippen LogP contribution in [0, 0.1) is 18.7 Å². The molecule has 8 nitrogen and oxygen atoms in total. The highest BCUT2D eigenvalue weighted by molar-refractivity contribution is 5.98. The van der Waals surface area contributed by atoms with Gasteiger partial charge in [-0.25, -0.2) is 9.37 Å². The summed E-state index contributed by atoms with van der Waals surface area (Å²) in [6.45, 7) is 2.48. The quantitative estimate of drug-likeness (QED) is 0.650. The second-order valence-electron chi connectivity index (χ2n) is 7.63. The average Bonchev–Trinajstić information content (AvgIpc) is 3.43. The Balaban J connectivity index is 1.49. The number of nitrogens with one attached hydrogen (secondary N) is 2. The van der Waals surface area contributed by atoms with Crippen LogP contribution in [0.1, 0.15) is 57.8 Å². The Morgan fingerprint density at radius 1 is 1.17 bits per heavy atom. The molecule has 3 aromatic rings. The molecule has 0 atom stereocenters. The molecular weight excluding hydrogens is 387 g/mol. The van der Waals surface area contributed by atoms with Crippen molar-refractivity contribution in [3.05, 3.63) is 58.9 Å². The second kappa shape index (κ2) is 8.56. The summed E-state index contributed by atoms with van der Waals surface area (Å²) in [5.74, 6) is -0.400. The third-order valence-electron chi connectivity index (χ3n) is 5.42. The molecule has 1 aromatic carbocycles. The standard InChI is InChI=1S/C21H23FN6O2/c1-13-8-15(6-7-16(13)22)11-23-19(29)17-9-18(28-21(27-17)25-12-26-28)20(30)24-10-14-4-2-3-5-14/h6-9,12,14H,2-5,10-11H2,1H3,(H,23,29)(H,24,30). The number of carbonyl (C=O) groups is 2. The lowest BCUT2D eigenvalue weighted by molar-refractivity contribution is 0.0939. The molecule has 1 fully saturated rings. The van der Waals surface area contributed by atoms with Crippen LogP contribution in [0.5, 0.6) is 0 Å². The zero-order valence-corrected chi connectivity index (χ0v) is 16.7. The fraction of sp³-hybridized carbons (Fsp3) is 0.381. The highest BCUT2D eigenvalue weighted by atomic mass is 19.1. The minimum absolute atomic E-state index is 0.0698. The Hall–Kier alpha value is -3.36. The fourth-order valence-electron chi connectivity index (χ4n) is 3.72. The van der Waals surface area contributed by atoms with Gasteiger partial charge < -0.3 is 10.6 Å². The Bertz CT molecular complexity index is 1090. The van der Waals surface area contributed by atoms with E-state index in [-0.39, 0.29) is 35.4 Å². The van der Waals surface area contributed by atoms with Crippen molar-refractivity contribution in [3.63, 3.8) is 0 Å². The van der Waals surface area contributed by atoms with Gasteiger partial charge in [-0.05, 0) is 42.9 Å². The van der Waals surface area contributed by atoms with Crippen LogP contribution in [0.25, 0.3) is 5.78 Å². The molecule has 2 aromatic heterocycles. The molecular formula is C21H23FN6O2. The van der Waals surface area contributed by atoms with Gasteiger partial charge in [0.15, 0.2) is 0 Å². The van der Waals surface area contributed by atoms with Gasteiger partial charge in [0.05, 0.1) is 0 Å². The minimum atomic E-state index is -0.452. The largest absolute Gasteiger partial charge is 0.350 e. The summed E-state index contributed by atoms with van der Waals surface area (Å²) in [6, 6.07) is 6.06. The third kappa shape index (κ3) is 4.29. The molecule has 1 aliphatic carbocycles. The van der Waals surface area contributed by atoms with Gasteiger partial charge in [-0.3, -0.25) is 9.59 Å². The van der Waals surface area contributed by atoms with E-state index >= 15 is 0 Å². The van der Waals surface area contributed by atoms with Gasteiger partial charge in [0.1, 0.15) is 23.5 Å². The van der Waals surface area contributed by atoms with Crippen LogP contribution in [-0.2, 0) is 6.54 Å². The number of carbonyl (C=O) groups excluding carboxylic acids is 2. The molecule has 1 saturated carbocycles. The molecule has 9 heteroatoms. The van der Waals surface area contributed by atoms with Crippen LogP contribution >= 0.6 is 0 Å². The van der Waals surface area contributed by atoms with Crippen molar-refractivity contribution in [2.75, 3.05) is 6.54 Å². The highest BCUT2D eigenvalue weighted by Crippen LogP contribution is 2.23. The van der Waals surface area contributed by atoms with E-state index in [1.165, 1.54) is 35.8 Å². The number of halogens is 1. The van der Waals surface area contributed by atoms with Crippen LogP contribution in [0.15, 0.2) is 30.6 Å². The molecule has 156 valence electrons. The van der Waals surface area contributed by atoms with Crippen molar-refractivity contribution in [2.45, 2.75) is 39.2 Å². The van der Waals surface area contributed by atoms with Gasteiger partial charge in [-0.15, -0.1) is 0 Å². The topological polar surface area (TPSA) is 101 Å². The molecule has 4 rings (SSSR count). The second-order valence-corrected chi connectivity index (χ2v) is 7.63. The number of aromatic nitrogens is 4. The maximum absolute atomic E-state index is 13.4. The number of fused-ring (bicyclic) bond motifs is 1. The smallest absolute Gasteiger partial charge is 0.270 e. The van der Waals surface area contributed by atoms with Crippen LogP contribution in [0.2, 0.25) is 0 Å². The predicted octanol–water partition coefficient (Wildman–Crippen LogP) is 2.42. The number of rotatable bonds is 6. The van der Waals surface area contributed by atoms with Crippen molar-refractivity contribution in [1.82, 2.24) is 30.2 Å². The van der Waals surface area contributed by atoms with Gasteiger partial charge in [0.2, 0.25) is 0 Å². The number of hydrogen-bond acceptors (Lipinski definition) is 5. The molecule has 1 aliphatic rings. The third-order valence-corrected chi connectivity index (χ3v) is 5.42. The van der Waals surface area contributed by atoms with Crippen molar-refractivity contribution in [1.29, 1.82) is 0 Å². The SMILES string of the molecule is Cc1cc(CNC(=O)c2cc(C(=O)NCC3CCCC3)n3ncnc3n2)ccc1F. The molecule has 30 heavy (non-hydrogen) atoms. The van der Waals surface area contributed by atoms with Gasteiger partial charge in [-0.1, -0.05) is 25.0 Å². The van der Waals surface area contributed by atoms with Crippen LogP contribution in [0.3, 0.4) is 0 Å². The first-order chi connectivity index (χ1) is 14.5. The van der Waals surface area contributed by atoms with E-state index in [4.69, 9.17) is 0 Å². The molecule has 2 amide bonds. The van der Waals surface area contributed by atoms with E-state index in [0.29, 0.717) is 18.0 Å². The van der Waals surface area contributed by atoms with Gasteiger partial charge >= 0.3 is 0 Å². The molecule has 0 spiro atoms. The summed E-state index contributed by atoms with van der Waals surface area (Å²) < 4.78 is 14.7. The molecule has 0 saturated heterocycles. The first-order valence-corrected chi connectivity index (χ1v) is 10.0. The summed E-state index contributed by atoms with van der Waals surface area (Å²) in [6.07, 6.45) is 5.92. The number of hydrogen-bond donors (Lipinski definition) is 2. The molecule has 2 heterocycles. The average molecular weight is 410 g/mol. The lowest BCUT2D eigenvalue weighted by Crippen LogP contribution is -2.31. The number of amides is 2. The van der Waals surface area contributed by atoms with E-state index in [0.717, 1.165) is 18.4 Å². The molecule has 0 aliphatic heterocycles. The minimum Gasteiger partial charge on any atom is -0.350 e. The Kier molecular flexibility index (Phi) is 5.69. The summed E-state index contributed by atoms with van der Waals surface area (Å²) in [4.78, 5) is 33.6.